The molecule has 1 aliphatic carbocycles. The molecule has 0 bridgehead atoms. The predicted molar refractivity (Wildman–Crippen MR) is 59.5 cm³/mol. The Balaban J connectivity index is 0.000000671. The first-order valence-corrected chi connectivity index (χ1v) is 5.73. The van der Waals surface area contributed by atoms with Crippen molar-refractivity contribution in [1.82, 2.24) is 0 Å². The highest BCUT2D eigenvalue weighted by Crippen LogP contribution is 2.30. The summed E-state index contributed by atoms with van der Waals surface area (Å²) >= 11 is 0. The van der Waals surface area contributed by atoms with E-state index in [1.165, 1.54) is 25.7 Å². The zero-order chi connectivity index (χ0) is 10.3. The maximum Gasteiger partial charge on any atom is 0.00416 e. The van der Waals surface area contributed by atoms with Crippen LogP contribution >= 0.6 is 0 Å². The van der Waals surface area contributed by atoms with Crippen LogP contribution in [0.4, 0.5) is 0 Å². The fourth-order valence-corrected chi connectivity index (χ4v) is 2.17. The van der Waals surface area contributed by atoms with Crippen molar-refractivity contribution < 1.29 is 0 Å². The molecule has 0 aromatic carbocycles. The normalized spacial score (nSPS) is 33.5. The fraction of sp³-hybridized carbons (Fsp3) is 1.00. The minimum atomic E-state index is 0.447. The first kappa shape index (κ1) is 12.9. The summed E-state index contributed by atoms with van der Waals surface area (Å²) in [6, 6.07) is 0.447. The zero-order valence-electron chi connectivity index (χ0n) is 9.42. The van der Waals surface area contributed by atoms with Gasteiger partial charge in [-0.15, -0.1) is 0 Å². The molecule has 2 heteroatoms. The molecular weight excluding hydrogens is 160 g/mol. The molecule has 0 aromatic heterocycles. The van der Waals surface area contributed by atoms with E-state index in [-0.39, 0.29) is 0 Å². The van der Waals surface area contributed by atoms with Gasteiger partial charge in [0, 0.05) is 6.04 Å². The monoisotopic (exact) mass is 186 g/mol. The Hall–Kier alpha value is -0.0800. The van der Waals surface area contributed by atoms with E-state index in [1.54, 1.807) is 0 Å². The summed E-state index contributed by atoms with van der Waals surface area (Å²) in [5.41, 5.74) is 11.6. The Morgan fingerprint density at radius 2 is 1.77 bits per heavy atom. The van der Waals surface area contributed by atoms with Gasteiger partial charge in [-0.25, -0.2) is 0 Å². The van der Waals surface area contributed by atoms with E-state index in [4.69, 9.17) is 11.5 Å². The van der Waals surface area contributed by atoms with Crippen LogP contribution in [0.3, 0.4) is 0 Å². The summed E-state index contributed by atoms with van der Waals surface area (Å²) in [6.45, 7) is 7.09. The molecule has 13 heavy (non-hydrogen) atoms. The topological polar surface area (TPSA) is 52.0 Å². The smallest absolute Gasteiger partial charge is 0.00416 e. The molecule has 1 aliphatic rings. The second-order valence-electron chi connectivity index (χ2n) is 3.74. The average molecular weight is 186 g/mol. The van der Waals surface area contributed by atoms with Gasteiger partial charge in [-0.3, -0.25) is 0 Å². The van der Waals surface area contributed by atoms with E-state index in [1.807, 2.05) is 13.8 Å². The van der Waals surface area contributed by atoms with Crippen LogP contribution in [-0.4, -0.2) is 12.6 Å². The molecule has 3 unspecified atom stereocenters. The average Bonchev–Trinajstić information content (AvgIpc) is 2.20. The molecule has 0 radical (unpaired) electrons. The first-order valence-electron chi connectivity index (χ1n) is 5.73. The Labute approximate surface area is 83.1 Å². The van der Waals surface area contributed by atoms with E-state index in [0.717, 1.165) is 18.4 Å². The van der Waals surface area contributed by atoms with E-state index in [0.29, 0.717) is 6.04 Å². The molecule has 1 saturated carbocycles. The largest absolute Gasteiger partial charge is 0.330 e. The van der Waals surface area contributed by atoms with Gasteiger partial charge in [-0.2, -0.15) is 0 Å². The van der Waals surface area contributed by atoms with Gasteiger partial charge >= 0.3 is 0 Å². The van der Waals surface area contributed by atoms with Crippen LogP contribution in [0.15, 0.2) is 0 Å². The zero-order valence-corrected chi connectivity index (χ0v) is 9.42. The Morgan fingerprint density at radius 3 is 2.23 bits per heavy atom. The molecule has 0 aliphatic heterocycles. The van der Waals surface area contributed by atoms with Crippen molar-refractivity contribution in [1.29, 1.82) is 0 Å². The second-order valence-corrected chi connectivity index (χ2v) is 3.74. The van der Waals surface area contributed by atoms with Crippen molar-refractivity contribution >= 4 is 0 Å². The lowest BCUT2D eigenvalue weighted by atomic mass is 9.76. The van der Waals surface area contributed by atoms with Gasteiger partial charge < -0.3 is 11.5 Å². The van der Waals surface area contributed by atoms with Crippen molar-refractivity contribution in [3.05, 3.63) is 0 Å². The summed E-state index contributed by atoms with van der Waals surface area (Å²) in [5, 5.41) is 0. The van der Waals surface area contributed by atoms with Gasteiger partial charge in [-0.1, -0.05) is 27.2 Å². The molecule has 0 saturated heterocycles. The number of rotatable bonds is 2. The number of hydrogen-bond acceptors (Lipinski definition) is 2. The maximum absolute atomic E-state index is 5.88. The van der Waals surface area contributed by atoms with Gasteiger partial charge in [0.1, 0.15) is 0 Å². The second kappa shape index (κ2) is 7.34. The SMILES string of the molecule is CC.CCC1CC(N)CCC1CN. The molecule has 2 nitrogen and oxygen atoms in total. The van der Waals surface area contributed by atoms with E-state index >= 15 is 0 Å². The summed E-state index contributed by atoms with van der Waals surface area (Å²) in [5.74, 6) is 1.54. The van der Waals surface area contributed by atoms with Crippen molar-refractivity contribution in [3.8, 4) is 0 Å². The van der Waals surface area contributed by atoms with E-state index in [9.17, 15) is 0 Å². The lowest BCUT2D eigenvalue weighted by Gasteiger charge is -2.33. The van der Waals surface area contributed by atoms with Crippen LogP contribution in [0.25, 0.3) is 0 Å². The van der Waals surface area contributed by atoms with Crippen LogP contribution in [0, 0.1) is 11.8 Å². The molecule has 3 atom stereocenters. The van der Waals surface area contributed by atoms with Gasteiger partial charge in [0.25, 0.3) is 0 Å². The lowest BCUT2D eigenvalue weighted by Crippen LogP contribution is -2.36. The molecule has 1 rings (SSSR count). The third-order valence-electron chi connectivity index (χ3n) is 3.01. The third-order valence-corrected chi connectivity index (χ3v) is 3.01. The van der Waals surface area contributed by atoms with Crippen molar-refractivity contribution in [3.63, 3.8) is 0 Å². The Kier molecular flexibility index (Phi) is 7.29. The van der Waals surface area contributed by atoms with Crippen molar-refractivity contribution in [2.75, 3.05) is 6.54 Å². The third kappa shape index (κ3) is 4.10. The number of hydrogen-bond donors (Lipinski definition) is 2. The summed E-state index contributed by atoms with van der Waals surface area (Å²) in [7, 11) is 0. The van der Waals surface area contributed by atoms with E-state index in [2.05, 4.69) is 6.92 Å². The molecule has 0 aromatic rings. The Bertz CT molecular complexity index is 115. The maximum atomic E-state index is 5.88. The van der Waals surface area contributed by atoms with Gasteiger partial charge in [0.2, 0.25) is 0 Å². The minimum absolute atomic E-state index is 0.447. The predicted octanol–water partition coefficient (Wildman–Crippen LogP) is 2.12. The minimum Gasteiger partial charge on any atom is -0.330 e. The summed E-state index contributed by atoms with van der Waals surface area (Å²) in [6.07, 6.45) is 4.86. The molecule has 80 valence electrons. The van der Waals surface area contributed by atoms with Crippen molar-refractivity contribution in [2.24, 2.45) is 23.3 Å². The quantitative estimate of drug-likeness (QED) is 0.694. The highest BCUT2D eigenvalue weighted by molar-refractivity contribution is 4.81. The van der Waals surface area contributed by atoms with E-state index < -0.39 is 0 Å². The molecular formula is C11H26N2. The first-order chi connectivity index (χ1) is 6.27. The molecule has 0 heterocycles. The molecule has 4 N–H and O–H groups in total. The lowest BCUT2D eigenvalue weighted by molar-refractivity contribution is 0.216. The molecule has 1 fully saturated rings. The van der Waals surface area contributed by atoms with Gasteiger partial charge in [0.05, 0.1) is 0 Å². The van der Waals surface area contributed by atoms with Crippen molar-refractivity contribution in [2.45, 2.75) is 52.5 Å². The molecule has 0 spiro atoms. The van der Waals surface area contributed by atoms with Crippen LogP contribution < -0.4 is 11.5 Å². The summed E-state index contributed by atoms with van der Waals surface area (Å²) < 4.78 is 0. The standard InChI is InChI=1S/C9H20N2.C2H6/c1-2-7-5-9(11)4-3-8(7)6-10;1-2/h7-9H,2-6,10-11H2,1H3;1-2H3. The van der Waals surface area contributed by atoms with Crippen LogP contribution in [-0.2, 0) is 0 Å². The highest BCUT2D eigenvalue weighted by Gasteiger charge is 2.26. The summed E-state index contributed by atoms with van der Waals surface area (Å²) in [4.78, 5) is 0. The van der Waals surface area contributed by atoms with Gasteiger partial charge in [0.15, 0.2) is 0 Å². The highest BCUT2D eigenvalue weighted by atomic mass is 14.7. The fourth-order valence-electron chi connectivity index (χ4n) is 2.17. The van der Waals surface area contributed by atoms with Crippen LogP contribution in [0.2, 0.25) is 0 Å². The Morgan fingerprint density at radius 1 is 1.15 bits per heavy atom. The van der Waals surface area contributed by atoms with Crippen LogP contribution in [0.5, 0.6) is 0 Å². The number of nitrogens with two attached hydrogens (primary N) is 2. The molecule has 0 amide bonds. The van der Waals surface area contributed by atoms with Gasteiger partial charge in [-0.05, 0) is 37.6 Å². The van der Waals surface area contributed by atoms with Crippen LogP contribution in [0.1, 0.15) is 46.5 Å².